The van der Waals surface area contributed by atoms with Crippen molar-refractivity contribution in [2.45, 2.75) is 26.4 Å². The summed E-state index contributed by atoms with van der Waals surface area (Å²) in [5, 5.41) is 7.07. The molecule has 2 aromatic rings. The molecule has 0 aliphatic carbocycles. The van der Waals surface area contributed by atoms with Gasteiger partial charge >= 0.3 is 6.03 Å². The van der Waals surface area contributed by atoms with E-state index in [1.807, 2.05) is 17.9 Å². The molecule has 128 valence electrons. The average molecular weight is 328 g/mol. The van der Waals surface area contributed by atoms with Gasteiger partial charge in [-0.25, -0.2) is 14.5 Å². The molecule has 0 spiro atoms. The summed E-state index contributed by atoms with van der Waals surface area (Å²) in [4.78, 5) is 20.8. The van der Waals surface area contributed by atoms with Crippen LogP contribution in [-0.2, 0) is 13.1 Å². The Morgan fingerprint density at radius 3 is 2.79 bits per heavy atom. The van der Waals surface area contributed by atoms with Crippen LogP contribution in [0, 0.1) is 0 Å². The Bertz CT molecular complexity index is 656. The number of carbonyl (C=O) groups excluding carboxylic acids is 1. The van der Waals surface area contributed by atoms with E-state index in [9.17, 15) is 4.79 Å². The molecule has 1 fully saturated rings. The minimum absolute atomic E-state index is 0.0319. The van der Waals surface area contributed by atoms with E-state index >= 15 is 0 Å². The number of carbonyl (C=O) groups is 1. The van der Waals surface area contributed by atoms with Crippen molar-refractivity contribution in [3.05, 3.63) is 42.5 Å². The van der Waals surface area contributed by atoms with Crippen LogP contribution in [0.1, 0.15) is 19.2 Å². The topological polar surface area (TPSA) is 66.3 Å². The van der Waals surface area contributed by atoms with Gasteiger partial charge in [-0.3, -0.25) is 0 Å². The number of urea groups is 1. The van der Waals surface area contributed by atoms with E-state index in [4.69, 9.17) is 0 Å². The first kappa shape index (κ1) is 16.3. The number of hydrogen-bond donors (Lipinski definition) is 1. The van der Waals surface area contributed by atoms with Gasteiger partial charge in [0, 0.05) is 38.4 Å². The highest BCUT2D eigenvalue weighted by molar-refractivity contribution is 5.74. The van der Waals surface area contributed by atoms with Gasteiger partial charge in [0.05, 0.1) is 6.54 Å². The van der Waals surface area contributed by atoms with Gasteiger partial charge < -0.3 is 15.1 Å². The normalized spacial score (nSPS) is 15.2. The fraction of sp³-hybridized carbons (Fsp3) is 0.471. The molecule has 0 unspecified atom stereocenters. The van der Waals surface area contributed by atoms with E-state index in [2.05, 4.69) is 44.6 Å². The Morgan fingerprint density at radius 1 is 1.17 bits per heavy atom. The van der Waals surface area contributed by atoms with Crippen LogP contribution in [0.2, 0.25) is 0 Å². The summed E-state index contributed by atoms with van der Waals surface area (Å²) in [5.41, 5.74) is 1.22. The summed E-state index contributed by atoms with van der Waals surface area (Å²) in [6, 6.07) is 10.3. The van der Waals surface area contributed by atoms with Crippen molar-refractivity contribution in [2.75, 3.05) is 31.1 Å². The van der Waals surface area contributed by atoms with Gasteiger partial charge in [-0.2, -0.15) is 5.10 Å². The second-order valence-corrected chi connectivity index (χ2v) is 5.81. The van der Waals surface area contributed by atoms with E-state index in [0.717, 1.165) is 45.0 Å². The highest BCUT2D eigenvalue weighted by Gasteiger charge is 2.19. The highest BCUT2D eigenvalue weighted by Crippen LogP contribution is 2.15. The van der Waals surface area contributed by atoms with E-state index in [1.165, 1.54) is 12.0 Å². The minimum Gasteiger partial charge on any atom is -0.370 e. The van der Waals surface area contributed by atoms with Crippen LogP contribution < -0.4 is 10.2 Å². The zero-order valence-corrected chi connectivity index (χ0v) is 14.1. The van der Waals surface area contributed by atoms with E-state index in [0.29, 0.717) is 6.54 Å². The summed E-state index contributed by atoms with van der Waals surface area (Å²) >= 11 is 0. The summed E-state index contributed by atoms with van der Waals surface area (Å²) in [7, 11) is 0. The lowest BCUT2D eigenvalue weighted by Gasteiger charge is -2.23. The minimum atomic E-state index is -0.0319. The van der Waals surface area contributed by atoms with Crippen molar-refractivity contribution in [2.24, 2.45) is 0 Å². The molecule has 2 amide bonds. The number of nitrogens with zero attached hydrogens (tertiary/aromatic N) is 5. The maximum absolute atomic E-state index is 12.4. The van der Waals surface area contributed by atoms with Gasteiger partial charge in [0.1, 0.15) is 12.2 Å². The van der Waals surface area contributed by atoms with E-state index in [-0.39, 0.29) is 6.03 Å². The van der Waals surface area contributed by atoms with Gasteiger partial charge in [0.15, 0.2) is 0 Å². The van der Waals surface area contributed by atoms with Crippen molar-refractivity contribution in [1.29, 1.82) is 0 Å². The third-order valence-electron chi connectivity index (χ3n) is 4.30. The molecule has 1 aliphatic heterocycles. The number of para-hydroxylation sites is 1. The predicted octanol–water partition coefficient (Wildman–Crippen LogP) is 1.72. The van der Waals surface area contributed by atoms with Crippen molar-refractivity contribution in [1.82, 2.24) is 25.0 Å². The number of rotatable bonds is 4. The van der Waals surface area contributed by atoms with Crippen LogP contribution in [-0.4, -0.2) is 51.9 Å². The lowest BCUT2D eigenvalue weighted by molar-refractivity contribution is 0.200. The standard InChI is InChI=1S/C17H24N6O/c1-2-23-16(19-14-20-23)13-18-17(24)22-10-6-9-21(11-12-22)15-7-4-3-5-8-15/h3-5,7-8,14H,2,6,9-13H2,1H3,(H,18,24). The van der Waals surface area contributed by atoms with Crippen molar-refractivity contribution >= 4 is 11.7 Å². The number of benzene rings is 1. The van der Waals surface area contributed by atoms with Gasteiger partial charge in [-0.1, -0.05) is 18.2 Å². The van der Waals surface area contributed by atoms with Crippen LogP contribution in [0.3, 0.4) is 0 Å². The van der Waals surface area contributed by atoms with E-state index in [1.54, 1.807) is 4.68 Å². The van der Waals surface area contributed by atoms with Crippen LogP contribution in [0.25, 0.3) is 0 Å². The number of anilines is 1. The van der Waals surface area contributed by atoms with Gasteiger partial charge in [-0.05, 0) is 25.5 Å². The van der Waals surface area contributed by atoms with Gasteiger partial charge in [0.25, 0.3) is 0 Å². The molecular weight excluding hydrogens is 304 g/mol. The predicted molar refractivity (Wildman–Crippen MR) is 92.8 cm³/mol. The Hall–Kier alpha value is -2.57. The smallest absolute Gasteiger partial charge is 0.317 e. The molecule has 24 heavy (non-hydrogen) atoms. The van der Waals surface area contributed by atoms with Crippen LogP contribution >= 0.6 is 0 Å². The Labute approximate surface area is 142 Å². The van der Waals surface area contributed by atoms with Crippen LogP contribution in [0.15, 0.2) is 36.7 Å². The number of nitrogens with one attached hydrogen (secondary N) is 1. The molecule has 2 heterocycles. The third kappa shape index (κ3) is 3.84. The quantitative estimate of drug-likeness (QED) is 0.928. The zero-order valence-electron chi connectivity index (χ0n) is 14.1. The van der Waals surface area contributed by atoms with Gasteiger partial charge in [0.2, 0.25) is 0 Å². The van der Waals surface area contributed by atoms with E-state index < -0.39 is 0 Å². The molecule has 7 heteroatoms. The second-order valence-electron chi connectivity index (χ2n) is 5.81. The maximum atomic E-state index is 12.4. The highest BCUT2D eigenvalue weighted by atomic mass is 16.2. The first-order chi connectivity index (χ1) is 11.8. The molecule has 1 aliphatic rings. The fourth-order valence-corrected chi connectivity index (χ4v) is 2.97. The lowest BCUT2D eigenvalue weighted by Crippen LogP contribution is -2.42. The molecule has 1 aromatic carbocycles. The van der Waals surface area contributed by atoms with Crippen molar-refractivity contribution in [3.63, 3.8) is 0 Å². The molecule has 7 nitrogen and oxygen atoms in total. The molecule has 1 aromatic heterocycles. The first-order valence-corrected chi connectivity index (χ1v) is 8.47. The Morgan fingerprint density at radius 2 is 2.00 bits per heavy atom. The molecule has 0 bridgehead atoms. The zero-order chi connectivity index (χ0) is 16.8. The van der Waals surface area contributed by atoms with Crippen LogP contribution in [0.5, 0.6) is 0 Å². The second kappa shape index (κ2) is 7.81. The third-order valence-corrected chi connectivity index (χ3v) is 4.30. The van der Waals surface area contributed by atoms with Crippen molar-refractivity contribution < 1.29 is 4.79 Å². The molecule has 3 rings (SSSR count). The van der Waals surface area contributed by atoms with Crippen molar-refractivity contribution in [3.8, 4) is 0 Å². The first-order valence-electron chi connectivity index (χ1n) is 8.47. The molecule has 0 saturated carbocycles. The molecule has 0 radical (unpaired) electrons. The molecule has 0 atom stereocenters. The van der Waals surface area contributed by atoms with Gasteiger partial charge in [-0.15, -0.1) is 0 Å². The maximum Gasteiger partial charge on any atom is 0.317 e. The number of hydrogen-bond acceptors (Lipinski definition) is 4. The fourth-order valence-electron chi connectivity index (χ4n) is 2.97. The number of aryl methyl sites for hydroxylation is 1. The SMILES string of the molecule is CCn1ncnc1CNC(=O)N1CCCN(c2ccccc2)CC1. The lowest BCUT2D eigenvalue weighted by atomic mass is 10.3. The monoisotopic (exact) mass is 328 g/mol. The molecule has 1 saturated heterocycles. The van der Waals surface area contributed by atoms with Crippen LogP contribution in [0.4, 0.5) is 10.5 Å². The Kier molecular flexibility index (Phi) is 5.30. The largest absolute Gasteiger partial charge is 0.370 e. The summed E-state index contributed by atoms with van der Waals surface area (Å²) in [6.45, 7) is 6.48. The average Bonchev–Trinajstić information content (AvgIpc) is 2.94. The summed E-state index contributed by atoms with van der Waals surface area (Å²) in [5.74, 6) is 0.784. The molecular formula is C17H24N6O. The summed E-state index contributed by atoms with van der Waals surface area (Å²) < 4.78 is 1.79. The number of amides is 2. The Balaban J connectivity index is 1.53. The summed E-state index contributed by atoms with van der Waals surface area (Å²) in [6.07, 6.45) is 2.49. The number of aromatic nitrogens is 3. The molecule has 1 N–H and O–H groups in total.